The summed E-state index contributed by atoms with van der Waals surface area (Å²) >= 11 is 0. The molecular formula is C13H15N5O4. The molecule has 1 saturated heterocycles. The van der Waals surface area contributed by atoms with Crippen LogP contribution in [0.1, 0.15) is 18.3 Å². The van der Waals surface area contributed by atoms with Gasteiger partial charge in [-0.1, -0.05) is 0 Å². The average molecular weight is 305 g/mol. The highest BCUT2D eigenvalue weighted by Crippen LogP contribution is 2.30. The monoisotopic (exact) mass is 305 g/mol. The van der Waals surface area contributed by atoms with E-state index >= 15 is 0 Å². The van der Waals surface area contributed by atoms with E-state index < -0.39 is 18.4 Å². The molecule has 3 N–H and O–H groups in total. The van der Waals surface area contributed by atoms with Crippen LogP contribution in [-0.2, 0) is 4.74 Å². The lowest BCUT2D eigenvalue weighted by atomic mass is 10.2. The highest BCUT2D eigenvalue weighted by atomic mass is 16.5. The van der Waals surface area contributed by atoms with Gasteiger partial charge in [0.1, 0.15) is 12.3 Å². The van der Waals surface area contributed by atoms with Gasteiger partial charge in [0.25, 0.3) is 5.56 Å². The van der Waals surface area contributed by atoms with Crippen molar-refractivity contribution in [1.82, 2.24) is 23.9 Å². The molecule has 4 heterocycles. The van der Waals surface area contributed by atoms with Crippen LogP contribution < -0.4 is 5.56 Å². The number of aliphatic hydroxyl groups is 2. The van der Waals surface area contributed by atoms with Crippen LogP contribution in [0.4, 0.5) is 0 Å². The van der Waals surface area contributed by atoms with E-state index in [1.54, 1.807) is 10.8 Å². The Hall–Kier alpha value is -2.23. The summed E-state index contributed by atoms with van der Waals surface area (Å²) in [5, 5.41) is 19.0. The number of aromatic amines is 1. The van der Waals surface area contributed by atoms with Crippen LogP contribution in [-0.4, -0.2) is 52.9 Å². The van der Waals surface area contributed by atoms with Gasteiger partial charge in [0.15, 0.2) is 11.2 Å². The molecule has 0 radical (unpaired) electrons. The van der Waals surface area contributed by atoms with Crippen LogP contribution in [0.2, 0.25) is 0 Å². The van der Waals surface area contributed by atoms with Crippen molar-refractivity contribution in [3.63, 3.8) is 0 Å². The molecule has 1 fully saturated rings. The van der Waals surface area contributed by atoms with Crippen molar-refractivity contribution >= 4 is 16.9 Å². The number of aliphatic hydroxyl groups excluding tert-OH is 2. The standard InChI is InChI=1S/C13H15N5O4/c1-6-3-17-12(21)10-11(16-13(17)15-6)18(5-14-10)9-2-7(20)8(4-19)22-9/h3,5,7-9,19-20H,2,4H2,1H3,(H,15,16)/t7-,8+,9+/m0/s1. The van der Waals surface area contributed by atoms with Gasteiger partial charge >= 0.3 is 0 Å². The first-order valence-electron chi connectivity index (χ1n) is 6.97. The van der Waals surface area contributed by atoms with E-state index in [1.165, 1.54) is 10.7 Å². The first kappa shape index (κ1) is 13.4. The quantitative estimate of drug-likeness (QED) is 0.577. The zero-order chi connectivity index (χ0) is 15.4. The topological polar surface area (TPSA) is 118 Å². The molecule has 3 atom stereocenters. The van der Waals surface area contributed by atoms with E-state index in [4.69, 9.17) is 9.84 Å². The molecule has 1 aliphatic heterocycles. The second-order valence-electron chi connectivity index (χ2n) is 5.49. The van der Waals surface area contributed by atoms with E-state index in [2.05, 4.69) is 15.0 Å². The molecule has 1 aliphatic rings. The fraction of sp³-hybridized carbons (Fsp3) is 0.462. The number of fused-ring (bicyclic) bond motifs is 2. The minimum Gasteiger partial charge on any atom is -0.394 e. The Kier molecular flexibility index (Phi) is 2.83. The SMILES string of the molecule is Cc1cn2c(=O)c3ncn([C@H]4C[C@H](O)[C@@H](CO)O4)c3nc2[nH]1. The maximum Gasteiger partial charge on any atom is 0.287 e. The minimum absolute atomic E-state index is 0.238. The molecule has 0 aliphatic carbocycles. The number of H-pyrrole nitrogens is 1. The molecule has 9 nitrogen and oxygen atoms in total. The molecule has 22 heavy (non-hydrogen) atoms. The van der Waals surface area contributed by atoms with Gasteiger partial charge in [0.2, 0.25) is 5.78 Å². The number of ether oxygens (including phenoxy) is 1. The number of aryl methyl sites for hydroxylation is 1. The molecule has 3 aromatic heterocycles. The predicted octanol–water partition coefficient (Wildman–Crippen LogP) is -0.679. The van der Waals surface area contributed by atoms with E-state index in [0.717, 1.165) is 5.69 Å². The maximum absolute atomic E-state index is 12.4. The Morgan fingerprint density at radius 3 is 3.09 bits per heavy atom. The maximum atomic E-state index is 12.4. The van der Waals surface area contributed by atoms with E-state index in [9.17, 15) is 9.90 Å². The Morgan fingerprint density at radius 2 is 2.36 bits per heavy atom. The Bertz CT molecular complexity index is 910. The largest absolute Gasteiger partial charge is 0.394 e. The fourth-order valence-corrected chi connectivity index (χ4v) is 2.85. The smallest absolute Gasteiger partial charge is 0.287 e. The van der Waals surface area contributed by atoms with Gasteiger partial charge in [0.05, 0.1) is 19.0 Å². The lowest BCUT2D eigenvalue weighted by Crippen LogP contribution is -2.24. The molecule has 0 amide bonds. The summed E-state index contributed by atoms with van der Waals surface area (Å²) in [5.41, 5.74) is 1.18. The number of aromatic nitrogens is 5. The van der Waals surface area contributed by atoms with Crippen LogP contribution in [0.3, 0.4) is 0 Å². The number of nitrogens with one attached hydrogen (secondary N) is 1. The summed E-state index contributed by atoms with van der Waals surface area (Å²) in [6, 6.07) is 0. The number of hydrogen-bond donors (Lipinski definition) is 3. The molecule has 0 saturated carbocycles. The van der Waals surface area contributed by atoms with Crippen molar-refractivity contribution in [3.8, 4) is 0 Å². The van der Waals surface area contributed by atoms with Crippen molar-refractivity contribution in [2.45, 2.75) is 31.8 Å². The van der Waals surface area contributed by atoms with Gasteiger partial charge in [-0.15, -0.1) is 0 Å². The van der Waals surface area contributed by atoms with Crippen LogP contribution in [0.15, 0.2) is 17.3 Å². The summed E-state index contributed by atoms with van der Waals surface area (Å²) in [4.78, 5) is 24.0. The van der Waals surface area contributed by atoms with Crippen LogP contribution in [0.25, 0.3) is 16.9 Å². The summed E-state index contributed by atoms with van der Waals surface area (Å²) < 4.78 is 8.63. The third-order valence-corrected chi connectivity index (χ3v) is 3.96. The number of hydrogen-bond acceptors (Lipinski definition) is 6. The third kappa shape index (κ3) is 1.79. The molecule has 4 rings (SSSR count). The predicted molar refractivity (Wildman–Crippen MR) is 75.5 cm³/mol. The zero-order valence-corrected chi connectivity index (χ0v) is 11.8. The van der Waals surface area contributed by atoms with Gasteiger partial charge in [-0.05, 0) is 6.92 Å². The Morgan fingerprint density at radius 1 is 1.55 bits per heavy atom. The molecule has 0 bridgehead atoms. The second-order valence-corrected chi connectivity index (χ2v) is 5.49. The first-order chi connectivity index (χ1) is 10.6. The zero-order valence-electron chi connectivity index (χ0n) is 11.8. The highest BCUT2D eigenvalue weighted by molar-refractivity contribution is 5.71. The lowest BCUT2D eigenvalue weighted by Gasteiger charge is -2.13. The first-order valence-corrected chi connectivity index (χ1v) is 6.97. The Balaban J connectivity index is 1.88. The van der Waals surface area contributed by atoms with Gasteiger partial charge < -0.3 is 19.9 Å². The third-order valence-electron chi connectivity index (χ3n) is 3.96. The average Bonchev–Trinajstić information content (AvgIpc) is 3.15. The van der Waals surface area contributed by atoms with Crippen molar-refractivity contribution in [2.24, 2.45) is 0 Å². The number of rotatable bonds is 2. The van der Waals surface area contributed by atoms with Crippen molar-refractivity contribution in [3.05, 3.63) is 28.6 Å². The molecule has 9 heteroatoms. The molecular weight excluding hydrogens is 290 g/mol. The van der Waals surface area contributed by atoms with Crippen molar-refractivity contribution in [1.29, 1.82) is 0 Å². The van der Waals surface area contributed by atoms with Crippen LogP contribution in [0, 0.1) is 6.92 Å². The molecule has 0 spiro atoms. The van der Waals surface area contributed by atoms with E-state index in [-0.39, 0.29) is 17.7 Å². The van der Waals surface area contributed by atoms with Crippen LogP contribution in [0.5, 0.6) is 0 Å². The second kappa shape index (κ2) is 4.63. The molecule has 0 unspecified atom stereocenters. The summed E-state index contributed by atoms with van der Waals surface area (Å²) in [5.74, 6) is 0.425. The number of nitrogens with zero attached hydrogens (tertiary/aromatic N) is 4. The fourth-order valence-electron chi connectivity index (χ4n) is 2.85. The normalized spacial score (nSPS) is 25.5. The van der Waals surface area contributed by atoms with Crippen molar-refractivity contribution in [2.75, 3.05) is 6.61 Å². The molecule has 3 aromatic rings. The van der Waals surface area contributed by atoms with E-state index in [1.807, 2.05) is 6.92 Å². The lowest BCUT2D eigenvalue weighted by molar-refractivity contribution is -0.0432. The van der Waals surface area contributed by atoms with Gasteiger partial charge in [0, 0.05) is 18.3 Å². The number of imidazole rings is 2. The minimum atomic E-state index is -0.759. The summed E-state index contributed by atoms with van der Waals surface area (Å²) in [6.45, 7) is 1.57. The molecule has 0 aromatic carbocycles. The van der Waals surface area contributed by atoms with E-state index in [0.29, 0.717) is 17.8 Å². The van der Waals surface area contributed by atoms with Crippen molar-refractivity contribution < 1.29 is 14.9 Å². The highest BCUT2D eigenvalue weighted by Gasteiger charge is 2.35. The van der Waals surface area contributed by atoms with Crippen LogP contribution >= 0.6 is 0 Å². The van der Waals surface area contributed by atoms with Gasteiger partial charge in [-0.2, -0.15) is 4.98 Å². The van der Waals surface area contributed by atoms with Gasteiger partial charge in [-0.3, -0.25) is 9.36 Å². The Labute approximate surface area is 123 Å². The van der Waals surface area contributed by atoms with Gasteiger partial charge in [-0.25, -0.2) is 9.38 Å². The summed E-state index contributed by atoms with van der Waals surface area (Å²) in [6.07, 6.45) is 1.54. The molecule has 116 valence electrons. The summed E-state index contributed by atoms with van der Waals surface area (Å²) in [7, 11) is 0.